The van der Waals surface area contributed by atoms with Gasteiger partial charge in [-0.3, -0.25) is 0 Å². The van der Waals surface area contributed by atoms with Gasteiger partial charge in [0.25, 0.3) is 0 Å². The molecule has 2 saturated carbocycles. The van der Waals surface area contributed by atoms with Crippen LogP contribution in [0.5, 0.6) is 0 Å². The van der Waals surface area contributed by atoms with Gasteiger partial charge in [-0.1, -0.05) is 26.0 Å². The molecule has 28 heavy (non-hydrogen) atoms. The van der Waals surface area contributed by atoms with E-state index >= 15 is 0 Å². The first-order valence-corrected chi connectivity index (χ1v) is 7.28. The number of alkyl halides is 12. The van der Waals surface area contributed by atoms with Crippen LogP contribution in [-0.2, 0) is 0 Å². The molecule has 0 atom stereocenters. The summed E-state index contributed by atoms with van der Waals surface area (Å²) in [5.41, 5.74) is -15.0. The number of aliphatic hydroxyl groups is 2. The highest BCUT2D eigenvalue weighted by molar-refractivity contribution is 5.39. The van der Waals surface area contributed by atoms with E-state index in [4.69, 9.17) is 0 Å². The second-order valence-corrected chi connectivity index (χ2v) is 7.42. The van der Waals surface area contributed by atoms with E-state index in [0.717, 1.165) is 0 Å². The lowest BCUT2D eigenvalue weighted by Gasteiger charge is -2.63. The minimum Gasteiger partial charge on any atom is -0.377 e. The SMILES string of the molecule is C=C(CC1(O)C(F)(F)C(F)(F)C1(F)F)C(C)(C)C1(O)C(F)(F)C(F)(F)C1(F)F. The quantitative estimate of drug-likeness (QED) is 0.507. The smallest absolute Gasteiger partial charge is 0.377 e. The highest BCUT2D eigenvalue weighted by Crippen LogP contribution is 2.74. The second kappa shape index (κ2) is 4.93. The molecule has 14 heteroatoms. The Morgan fingerprint density at radius 1 is 0.643 bits per heavy atom. The lowest BCUT2D eigenvalue weighted by Crippen LogP contribution is -2.90. The van der Waals surface area contributed by atoms with E-state index in [2.05, 4.69) is 6.58 Å². The van der Waals surface area contributed by atoms with Gasteiger partial charge in [-0.05, 0) is 0 Å². The second-order valence-electron chi connectivity index (χ2n) is 7.42. The van der Waals surface area contributed by atoms with E-state index in [1.807, 2.05) is 0 Å². The van der Waals surface area contributed by atoms with Crippen molar-refractivity contribution in [3.63, 3.8) is 0 Å². The summed E-state index contributed by atoms with van der Waals surface area (Å²) < 4.78 is 160. The maximum absolute atomic E-state index is 13.7. The average Bonchev–Trinajstić information content (AvgIpc) is 2.51. The van der Waals surface area contributed by atoms with Gasteiger partial charge in [-0.25, -0.2) is 0 Å². The summed E-state index contributed by atoms with van der Waals surface area (Å²) in [5.74, 6) is -35.6. The van der Waals surface area contributed by atoms with Crippen LogP contribution >= 0.6 is 0 Å². The van der Waals surface area contributed by atoms with Gasteiger partial charge < -0.3 is 10.2 Å². The fraction of sp³-hybridized carbons (Fsp3) is 0.857. The van der Waals surface area contributed by atoms with Crippen LogP contribution in [0.3, 0.4) is 0 Å². The van der Waals surface area contributed by atoms with Crippen LogP contribution in [0, 0.1) is 5.41 Å². The Morgan fingerprint density at radius 2 is 0.929 bits per heavy atom. The molecule has 0 spiro atoms. The Bertz CT molecular complexity index is 688. The fourth-order valence-corrected chi connectivity index (χ4v) is 3.43. The van der Waals surface area contributed by atoms with E-state index in [0.29, 0.717) is 0 Å². The first kappa shape index (κ1) is 23.1. The van der Waals surface area contributed by atoms with Crippen molar-refractivity contribution in [3.05, 3.63) is 12.2 Å². The minimum absolute atomic E-state index is 0.156. The van der Waals surface area contributed by atoms with E-state index in [-0.39, 0.29) is 13.8 Å². The number of hydrogen-bond donors (Lipinski definition) is 2. The molecule has 2 rings (SSSR count). The lowest BCUT2D eigenvalue weighted by atomic mass is 9.51. The summed E-state index contributed by atoms with van der Waals surface area (Å²) in [7, 11) is 0. The molecule has 0 saturated heterocycles. The predicted octanol–water partition coefficient (Wildman–Crippen LogP) is 4.26. The van der Waals surface area contributed by atoms with Gasteiger partial charge in [-0.2, -0.15) is 52.7 Å². The molecule has 2 aliphatic rings. The van der Waals surface area contributed by atoms with Crippen LogP contribution in [0.4, 0.5) is 52.7 Å². The maximum Gasteiger partial charge on any atom is 0.378 e. The van der Waals surface area contributed by atoms with Crippen molar-refractivity contribution in [2.75, 3.05) is 0 Å². The molecular formula is C14H12F12O2. The van der Waals surface area contributed by atoms with Crippen LogP contribution in [0.2, 0.25) is 0 Å². The third-order valence-electron chi connectivity index (χ3n) is 5.78. The number of hydrogen-bond acceptors (Lipinski definition) is 2. The Morgan fingerprint density at radius 3 is 1.25 bits per heavy atom. The molecule has 0 aromatic rings. The topological polar surface area (TPSA) is 40.5 Å². The van der Waals surface area contributed by atoms with Gasteiger partial charge >= 0.3 is 35.5 Å². The molecule has 2 nitrogen and oxygen atoms in total. The van der Waals surface area contributed by atoms with Crippen LogP contribution in [-0.4, -0.2) is 57.0 Å². The summed E-state index contributed by atoms with van der Waals surface area (Å²) in [4.78, 5) is 0. The molecule has 0 bridgehead atoms. The monoisotopic (exact) mass is 440 g/mol. The van der Waals surface area contributed by atoms with Crippen LogP contribution in [0.15, 0.2) is 12.2 Å². The zero-order valence-electron chi connectivity index (χ0n) is 13.8. The molecule has 0 radical (unpaired) electrons. The zero-order chi connectivity index (χ0) is 22.8. The van der Waals surface area contributed by atoms with E-state index < -0.39 is 64.1 Å². The van der Waals surface area contributed by atoms with Crippen molar-refractivity contribution in [2.24, 2.45) is 5.41 Å². The van der Waals surface area contributed by atoms with Gasteiger partial charge in [0.1, 0.15) is 0 Å². The largest absolute Gasteiger partial charge is 0.378 e. The Balaban J connectivity index is 2.48. The van der Waals surface area contributed by atoms with E-state index in [1.165, 1.54) is 0 Å². The molecule has 0 heterocycles. The third kappa shape index (κ3) is 1.71. The normalized spacial score (nSPS) is 32.0. The number of halogens is 12. The van der Waals surface area contributed by atoms with Crippen molar-refractivity contribution >= 4 is 0 Å². The van der Waals surface area contributed by atoms with Crippen molar-refractivity contribution < 1.29 is 62.9 Å². The van der Waals surface area contributed by atoms with Crippen LogP contribution < -0.4 is 0 Å². The number of rotatable bonds is 4. The van der Waals surface area contributed by atoms with Crippen molar-refractivity contribution in [1.82, 2.24) is 0 Å². The molecule has 0 aromatic carbocycles. The zero-order valence-corrected chi connectivity index (χ0v) is 13.8. The van der Waals surface area contributed by atoms with Gasteiger partial charge in [-0.15, -0.1) is 0 Å². The van der Waals surface area contributed by atoms with Gasteiger partial charge in [0.2, 0.25) is 11.2 Å². The standard InChI is InChI=1S/C14H12F12O2/c1-5(4-7(27)9(15,16)13(23,24)10(7,17)18)6(2,3)8(28)11(19,20)14(25,26)12(8,21)22/h27-28H,1,4H2,2-3H3. The molecular weight excluding hydrogens is 428 g/mol. The molecule has 0 aromatic heterocycles. The molecule has 164 valence electrons. The molecule has 2 N–H and O–H groups in total. The molecule has 2 fully saturated rings. The highest BCUT2D eigenvalue weighted by Gasteiger charge is 3.02. The highest BCUT2D eigenvalue weighted by atomic mass is 19.4. The fourth-order valence-electron chi connectivity index (χ4n) is 3.43. The maximum atomic E-state index is 13.7. The predicted molar refractivity (Wildman–Crippen MR) is 67.1 cm³/mol. The molecule has 0 unspecified atom stereocenters. The van der Waals surface area contributed by atoms with Gasteiger partial charge in [0, 0.05) is 11.8 Å². The Labute approximate surface area is 148 Å². The Kier molecular flexibility index (Phi) is 4.06. The van der Waals surface area contributed by atoms with Crippen LogP contribution in [0.1, 0.15) is 20.3 Å². The van der Waals surface area contributed by atoms with Crippen molar-refractivity contribution in [3.8, 4) is 0 Å². The van der Waals surface area contributed by atoms with Gasteiger partial charge in [0.05, 0.1) is 0 Å². The summed E-state index contributed by atoms with van der Waals surface area (Å²) >= 11 is 0. The Hall–Kier alpha value is -1.18. The average molecular weight is 440 g/mol. The first-order chi connectivity index (χ1) is 11.9. The van der Waals surface area contributed by atoms with Crippen molar-refractivity contribution in [1.29, 1.82) is 0 Å². The van der Waals surface area contributed by atoms with Gasteiger partial charge in [0.15, 0.2) is 0 Å². The molecule has 0 aliphatic heterocycles. The summed E-state index contributed by atoms with van der Waals surface area (Å²) in [5, 5.41) is 19.1. The lowest BCUT2D eigenvalue weighted by molar-refractivity contribution is -0.510. The minimum atomic E-state index is -6.10. The summed E-state index contributed by atoms with van der Waals surface area (Å²) in [6.07, 6.45) is -2.38. The van der Waals surface area contributed by atoms with Crippen molar-refractivity contribution in [2.45, 2.75) is 67.0 Å². The molecule has 2 aliphatic carbocycles. The summed E-state index contributed by atoms with van der Waals surface area (Å²) in [6, 6.07) is 0. The third-order valence-corrected chi connectivity index (χ3v) is 5.78. The van der Waals surface area contributed by atoms with E-state index in [1.54, 1.807) is 0 Å². The van der Waals surface area contributed by atoms with E-state index in [9.17, 15) is 62.9 Å². The summed E-state index contributed by atoms with van der Waals surface area (Å²) in [6.45, 7) is 2.97. The first-order valence-electron chi connectivity index (χ1n) is 7.28. The van der Waals surface area contributed by atoms with Crippen LogP contribution in [0.25, 0.3) is 0 Å². The molecule has 0 amide bonds.